The first kappa shape index (κ1) is 29.8. The topological polar surface area (TPSA) is 57.6 Å². The van der Waals surface area contributed by atoms with Crippen molar-refractivity contribution in [2.24, 2.45) is 10.4 Å². The zero-order valence-electron chi connectivity index (χ0n) is 26.0. The molecule has 2 fully saturated rings. The summed E-state index contributed by atoms with van der Waals surface area (Å²) in [4.78, 5) is 25.0. The lowest BCUT2D eigenvalue weighted by Crippen LogP contribution is -2.56. The van der Waals surface area contributed by atoms with Gasteiger partial charge in [-0.3, -0.25) is 14.7 Å². The third-order valence-corrected chi connectivity index (χ3v) is 9.52. The first-order valence-electron chi connectivity index (χ1n) is 15.4. The van der Waals surface area contributed by atoms with Crippen LogP contribution in [0.1, 0.15) is 57.3 Å². The molecule has 6 rings (SSSR count). The van der Waals surface area contributed by atoms with Crippen molar-refractivity contribution in [1.82, 2.24) is 9.80 Å². The first-order chi connectivity index (χ1) is 20.5. The highest BCUT2D eigenvalue weighted by Gasteiger charge is 2.36. The number of halogens is 1. The van der Waals surface area contributed by atoms with Gasteiger partial charge in [0.2, 0.25) is 0 Å². The largest absolute Gasteiger partial charge is 0.493 e. The van der Waals surface area contributed by atoms with Gasteiger partial charge in [-0.2, -0.15) is 0 Å². The molecule has 3 aromatic rings. The van der Waals surface area contributed by atoms with Crippen molar-refractivity contribution >= 4 is 45.9 Å². The number of rotatable bonds is 8. The Kier molecular flexibility index (Phi) is 8.07. The van der Waals surface area contributed by atoms with E-state index >= 15 is 0 Å². The number of ether oxygens (including phenoxy) is 2. The highest BCUT2D eigenvalue weighted by molar-refractivity contribution is 6.30. The first-order valence-corrected chi connectivity index (χ1v) is 15.8. The summed E-state index contributed by atoms with van der Waals surface area (Å²) in [5, 5.41) is 2.70. The van der Waals surface area contributed by atoms with Gasteiger partial charge in [-0.15, -0.1) is 0 Å². The molecule has 1 amide bonds. The molecular formula is C35H43ClN4O3. The number of benzene rings is 3. The lowest BCUT2D eigenvalue weighted by molar-refractivity contribution is 0.0462. The van der Waals surface area contributed by atoms with Crippen LogP contribution in [-0.4, -0.2) is 79.9 Å². The Balaban J connectivity index is 1.13. The summed E-state index contributed by atoms with van der Waals surface area (Å²) in [6.07, 6.45) is 4.92. The Bertz CT molecular complexity index is 1530. The van der Waals surface area contributed by atoms with E-state index in [-0.39, 0.29) is 22.9 Å². The number of piperazine rings is 1. The Morgan fingerprint density at radius 1 is 0.930 bits per heavy atom. The highest BCUT2D eigenvalue weighted by Crippen LogP contribution is 2.39. The Labute approximate surface area is 260 Å². The van der Waals surface area contributed by atoms with Gasteiger partial charge in [-0.05, 0) is 92.4 Å². The van der Waals surface area contributed by atoms with E-state index in [1.807, 2.05) is 47.5 Å². The maximum Gasteiger partial charge on any atom is 0.256 e. The molecule has 228 valence electrons. The van der Waals surface area contributed by atoms with Crippen molar-refractivity contribution in [2.75, 3.05) is 51.3 Å². The van der Waals surface area contributed by atoms with Crippen LogP contribution in [0.4, 0.5) is 11.4 Å². The second kappa shape index (κ2) is 11.7. The molecule has 3 aliphatic rings. The lowest BCUT2D eigenvalue weighted by Gasteiger charge is -2.47. The maximum absolute atomic E-state index is 13.3. The van der Waals surface area contributed by atoms with Crippen LogP contribution in [0.15, 0.2) is 53.5 Å². The summed E-state index contributed by atoms with van der Waals surface area (Å²) < 4.78 is 12.3. The molecule has 0 aliphatic carbocycles. The molecule has 43 heavy (non-hydrogen) atoms. The van der Waals surface area contributed by atoms with Crippen LogP contribution in [-0.2, 0) is 0 Å². The normalized spacial score (nSPS) is 19.4. The summed E-state index contributed by atoms with van der Waals surface area (Å²) in [5.74, 6) is 1.44. The van der Waals surface area contributed by atoms with Crippen LogP contribution in [0.25, 0.3) is 10.8 Å². The number of amides is 1. The summed E-state index contributed by atoms with van der Waals surface area (Å²) in [6.45, 7) is 14.6. The number of carbonyl (C=O) groups is 1. The van der Waals surface area contributed by atoms with Crippen LogP contribution < -0.4 is 14.4 Å². The molecule has 0 N–H and O–H groups in total. The molecule has 1 atom stereocenters. The van der Waals surface area contributed by atoms with Crippen molar-refractivity contribution in [2.45, 2.75) is 58.5 Å². The van der Waals surface area contributed by atoms with Gasteiger partial charge in [0.25, 0.3) is 5.91 Å². The van der Waals surface area contributed by atoms with Gasteiger partial charge < -0.3 is 19.3 Å². The minimum absolute atomic E-state index is 0.0167. The summed E-state index contributed by atoms with van der Waals surface area (Å²) in [6, 6.07) is 16.2. The predicted octanol–water partition coefficient (Wildman–Crippen LogP) is 7.22. The van der Waals surface area contributed by atoms with Crippen molar-refractivity contribution < 1.29 is 14.3 Å². The van der Waals surface area contributed by atoms with Gasteiger partial charge in [0.15, 0.2) is 11.5 Å². The van der Waals surface area contributed by atoms with Gasteiger partial charge in [-0.1, -0.05) is 25.4 Å². The molecule has 0 bridgehead atoms. The molecular weight excluding hydrogens is 560 g/mol. The van der Waals surface area contributed by atoms with Gasteiger partial charge in [0, 0.05) is 60.6 Å². The van der Waals surface area contributed by atoms with E-state index in [1.165, 1.54) is 5.69 Å². The van der Waals surface area contributed by atoms with E-state index in [1.54, 1.807) is 7.11 Å². The Morgan fingerprint density at radius 2 is 1.63 bits per heavy atom. The lowest BCUT2D eigenvalue weighted by atomic mass is 9.79. The summed E-state index contributed by atoms with van der Waals surface area (Å²) >= 11 is 6.09. The van der Waals surface area contributed by atoms with E-state index in [4.69, 9.17) is 26.1 Å². The number of fused-ring (bicyclic) bond motifs is 3. The van der Waals surface area contributed by atoms with Gasteiger partial charge in [0.05, 0.1) is 31.0 Å². The average molecular weight is 603 g/mol. The fourth-order valence-electron chi connectivity index (χ4n) is 7.20. The number of anilines is 1. The molecule has 0 radical (unpaired) electrons. The minimum Gasteiger partial charge on any atom is -0.493 e. The van der Waals surface area contributed by atoms with E-state index in [9.17, 15) is 4.79 Å². The van der Waals surface area contributed by atoms with E-state index in [2.05, 4.69) is 49.6 Å². The summed E-state index contributed by atoms with van der Waals surface area (Å²) in [7, 11) is 1.67. The summed E-state index contributed by atoms with van der Waals surface area (Å²) in [5.41, 5.74) is 2.55. The van der Waals surface area contributed by atoms with Gasteiger partial charge in [-0.25, -0.2) is 0 Å². The molecule has 0 aromatic heterocycles. The van der Waals surface area contributed by atoms with Gasteiger partial charge >= 0.3 is 0 Å². The number of aliphatic imine (C=N–C) groups is 1. The van der Waals surface area contributed by atoms with Crippen molar-refractivity contribution in [3.63, 3.8) is 0 Å². The SMILES string of the molecule is COc1cc2cc3c(cc2cc1OCC(C)(C)CC(C)(C)N1CCN(c2ccc(Cl)cc2)CC1)N=CC1CCCN1C3=O. The predicted molar refractivity (Wildman–Crippen MR) is 176 cm³/mol. The molecule has 8 heteroatoms. The molecule has 1 unspecified atom stereocenters. The monoisotopic (exact) mass is 602 g/mol. The highest BCUT2D eigenvalue weighted by atomic mass is 35.5. The molecule has 0 spiro atoms. The average Bonchev–Trinajstić information content (AvgIpc) is 3.42. The molecule has 3 heterocycles. The van der Waals surface area contributed by atoms with E-state index in [0.29, 0.717) is 23.7 Å². The fraction of sp³-hybridized carbons (Fsp3) is 0.486. The van der Waals surface area contributed by atoms with Crippen molar-refractivity contribution in [3.05, 3.63) is 59.1 Å². The minimum atomic E-state index is -0.0759. The number of hydrogen-bond donors (Lipinski definition) is 0. The molecule has 7 nitrogen and oxygen atoms in total. The van der Waals surface area contributed by atoms with Crippen LogP contribution in [0.2, 0.25) is 5.02 Å². The van der Waals surface area contributed by atoms with Crippen LogP contribution in [0.5, 0.6) is 11.5 Å². The van der Waals surface area contributed by atoms with Crippen LogP contribution >= 0.6 is 11.6 Å². The zero-order chi connectivity index (χ0) is 30.4. The number of nitrogens with zero attached hydrogens (tertiary/aromatic N) is 4. The third-order valence-electron chi connectivity index (χ3n) is 9.27. The van der Waals surface area contributed by atoms with E-state index < -0.39 is 0 Å². The van der Waals surface area contributed by atoms with Crippen molar-refractivity contribution in [1.29, 1.82) is 0 Å². The van der Waals surface area contributed by atoms with E-state index in [0.717, 1.165) is 73.5 Å². The molecule has 2 saturated heterocycles. The quantitative estimate of drug-likeness (QED) is 0.272. The smallest absolute Gasteiger partial charge is 0.256 e. The van der Waals surface area contributed by atoms with Crippen molar-refractivity contribution in [3.8, 4) is 11.5 Å². The number of methoxy groups -OCH3 is 1. The second-order valence-corrected chi connectivity index (χ2v) is 14.0. The third kappa shape index (κ3) is 6.20. The molecule has 3 aliphatic heterocycles. The standard InChI is InChI=1S/C35H43ClN4O3/c1-34(2,22-35(3,4)39-15-13-38(14-16-39)27-10-8-26(36)9-11-27)23-43-32-20-25-18-30-29(17-24(25)19-31(32)42-5)33(41)40-12-6-7-28(40)21-37-30/h8-11,17-21,28H,6-7,12-16,22-23H2,1-5H3. The fourth-order valence-corrected chi connectivity index (χ4v) is 7.32. The number of carbonyl (C=O) groups excluding carboxylic acids is 1. The zero-order valence-corrected chi connectivity index (χ0v) is 26.8. The van der Waals surface area contributed by atoms with Crippen LogP contribution in [0.3, 0.4) is 0 Å². The second-order valence-electron chi connectivity index (χ2n) is 13.6. The molecule has 3 aromatic carbocycles. The number of hydrogen-bond acceptors (Lipinski definition) is 6. The molecule has 0 saturated carbocycles. The Hall–Kier alpha value is -3.29. The van der Waals surface area contributed by atoms with Crippen LogP contribution in [0, 0.1) is 5.41 Å². The van der Waals surface area contributed by atoms with Gasteiger partial charge in [0.1, 0.15) is 0 Å². The Morgan fingerprint density at radius 3 is 2.35 bits per heavy atom. The maximum atomic E-state index is 13.3.